The summed E-state index contributed by atoms with van der Waals surface area (Å²) in [4.78, 5) is 0. The van der Waals surface area contributed by atoms with Gasteiger partial charge < -0.3 is 0 Å². The molecule has 0 aromatic heterocycles. The zero-order chi connectivity index (χ0) is 8.23. The van der Waals surface area contributed by atoms with Crippen molar-refractivity contribution in [3.05, 3.63) is 47.5 Å². The second kappa shape index (κ2) is 3.57. The van der Waals surface area contributed by atoms with E-state index in [9.17, 15) is 0 Å². The molecule has 0 saturated carbocycles. The van der Waals surface area contributed by atoms with E-state index >= 15 is 0 Å². The van der Waals surface area contributed by atoms with Crippen LogP contribution >= 0.6 is 0 Å². The zero-order valence-electron chi connectivity index (χ0n) is 7.29. The van der Waals surface area contributed by atoms with Crippen molar-refractivity contribution in [2.75, 3.05) is 0 Å². The highest BCUT2D eigenvalue weighted by atomic mass is 14.1. The van der Waals surface area contributed by atoms with Gasteiger partial charge in [0.1, 0.15) is 0 Å². The maximum absolute atomic E-state index is 2.30. The van der Waals surface area contributed by atoms with E-state index in [-0.39, 0.29) is 0 Å². The van der Waals surface area contributed by atoms with E-state index in [1.165, 1.54) is 24.8 Å². The van der Waals surface area contributed by atoms with Gasteiger partial charge in [0.2, 0.25) is 0 Å². The summed E-state index contributed by atoms with van der Waals surface area (Å²) in [5.41, 5.74) is 3.05. The summed E-state index contributed by atoms with van der Waals surface area (Å²) in [5, 5.41) is 0. The Morgan fingerprint density at radius 3 is 2.67 bits per heavy atom. The molecule has 0 N–H and O–H groups in total. The molecule has 1 aromatic rings. The standard InChI is InChI=1S/C12H14/c1-2-4-8-12-10-6-5-9-11(12)7-3-1/h1,3,5-6,9-10H,2,4,7-8H2/b3-1-. The average molecular weight is 158 g/mol. The topological polar surface area (TPSA) is 0 Å². The Morgan fingerprint density at radius 2 is 1.75 bits per heavy atom. The number of hydrogen-bond donors (Lipinski definition) is 0. The first-order chi connectivity index (χ1) is 5.97. The molecule has 1 aromatic carbocycles. The predicted octanol–water partition coefficient (Wildman–Crippen LogP) is 3.12. The largest absolute Gasteiger partial charge is 0.0882 e. The van der Waals surface area contributed by atoms with Gasteiger partial charge in [-0.2, -0.15) is 0 Å². The molecule has 0 heteroatoms. The van der Waals surface area contributed by atoms with Gasteiger partial charge in [-0.1, -0.05) is 36.4 Å². The molecule has 0 saturated heterocycles. The van der Waals surface area contributed by atoms with E-state index in [1.807, 2.05) is 0 Å². The monoisotopic (exact) mass is 158 g/mol. The average Bonchev–Trinajstić information content (AvgIpc) is 2.06. The van der Waals surface area contributed by atoms with Crippen LogP contribution in [0.1, 0.15) is 24.0 Å². The SMILES string of the molecule is C1=C\Cc2ccccc2CCC/1. The maximum Gasteiger partial charge on any atom is -0.00947 e. The molecule has 62 valence electrons. The number of rotatable bonds is 0. The van der Waals surface area contributed by atoms with Crippen LogP contribution in [0.3, 0.4) is 0 Å². The van der Waals surface area contributed by atoms with Crippen LogP contribution in [0.5, 0.6) is 0 Å². The first-order valence-electron chi connectivity index (χ1n) is 4.68. The van der Waals surface area contributed by atoms with Crippen LogP contribution in [0, 0.1) is 0 Å². The molecule has 0 aliphatic heterocycles. The highest BCUT2D eigenvalue weighted by Gasteiger charge is 2.01. The van der Waals surface area contributed by atoms with Gasteiger partial charge in [0.05, 0.1) is 0 Å². The number of benzene rings is 1. The molecular weight excluding hydrogens is 144 g/mol. The molecule has 12 heavy (non-hydrogen) atoms. The maximum atomic E-state index is 2.30. The smallest absolute Gasteiger partial charge is 0.00947 e. The van der Waals surface area contributed by atoms with Crippen LogP contribution in [-0.2, 0) is 12.8 Å². The summed E-state index contributed by atoms with van der Waals surface area (Å²) < 4.78 is 0. The molecule has 0 fully saturated rings. The molecule has 0 amide bonds. The third-order valence-corrected chi connectivity index (χ3v) is 2.44. The van der Waals surface area contributed by atoms with Crippen LogP contribution in [0.15, 0.2) is 36.4 Å². The van der Waals surface area contributed by atoms with E-state index < -0.39 is 0 Å². The number of hydrogen-bond acceptors (Lipinski definition) is 0. The highest BCUT2D eigenvalue weighted by molar-refractivity contribution is 5.29. The first kappa shape index (κ1) is 7.60. The fourth-order valence-corrected chi connectivity index (χ4v) is 1.74. The van der Waals surface area contributed by atoms with Crippen molar-refractivity contribution in [3.63, 3.8) is 0 Å². The quantitative estimate of drug-likeness (QED) is 0.509. The molecule has 1 aliphatic carbocycles. The van der Waals surface area contributed by atoms with E-state index in [4.69, 9.17) is 0 Å². The van der Waals surface area contributed by atoms with E-state index in [1.54, 1.807) is 5.56 Å². The number of aryl methyl sites for hydroxylation is 1. The third kappa shape index (κ3) is 1.58. The van der Waals surface area contributed by atoms with Crippen molar-refractivity contribution in [1.82, 2.24) is 0 Å². The van der Waals surface area contributed by atoms with Gasteiger partial charge in [-0.3, -0.25) is 0 Å². The molecule has 0 atom stereocenters. The Morgan fingerprint density at radius 1 is 0.917 bits per heavy atom. The van der Waals surface area contributed by atoms with Gasteiger partial charge >= 0.3 is 0 Å². The molecular formula is C12H14. The molecule has 2 rings (SSSR count). The van der Waals surface area contributed by atoms with Crippen molar-refractivity contribution in [2.24, 2.45) is 0 Å². The summed E-state index contributed by atoms with van der Waals surface area (Å²) in [6.45, 7) is 0. The zero-order valence-corrected chi connectivity index (χ0v) is 7.29. The fourth-order valence-electron chi connectivity index (χ4n) is 1.74. The predicted molar refractivity (Wildman–Crippen MR) is 52.2 cm³/mol. The molecule has 0 bridgehead atoms. The lowest BCUT2D eigenvalue weighted by Crippen LogP contribution is -1.95. The van der Waals surface area contributed by atoms with E-state index in [0.29, 0.717) is 0 Å². The Hall–Kier alpha value is -1.04. The number of allylic oxidation sites excluding steroid dienone is 2. The Kier molecular flexibility index (Phi) is 2.26. The summed E-state index contributed by atoms with van der Waals surface area (Å²) >= 11 is 0. The molecule has 0 nitrogen and oxygen atoms in total. The Labute approximate surface area is 73.9 Å². The summed E-state index contributed by atoms with van der Waals surface area (Å²) in [5.74, 6) is 0. The van der Waals surface area contributed by atoms with Gasteiger partial charge in [0, 0.05) is 0 Å². The Balaban J connectivity index is 2.32. The summed E-state index contributed by atoms with van der Waals surface area (Å²) in [6, 6.07) is 8.78. The van der Waals surface area contributed by atoms with E-state index in [2.05, 4.69) is 36.4 Å². The van der Waals surface area contributed by atoms with Gasteiger partial charge in [0.25, 0.3) is 0 Å². The first-order valence-corrected chi connectivity index (χ1v) is 4.68. The number of fused-ring (bicyclic) bond motifs is 1. The van der Waals surface area contributed by atoms with Crippen LogP contribution in [0.4, 0.5) is 0 Å². The molecule has 0 heterocycles. The lowest BCUT2D eigenvalue weighted by Gasteiger charge is -2.08. The summed E-state index contributed by atoms with van der Waals surface area (Å²) in [7, 11) is 0. The van der Waals surface area contributed by atoms with Crippen molar-refractivity contribution >= 4 is 0 Å². The second-order valence-electron chi connectivity index (χ2n) is 3.34. The van der Waals surface area contributed by atoms with Crippen LogP contribution in [0.2, 0.25) is 0 Å². The van der Waals surface area contributed by atoms with Crippen molar-refractivity contribution in [2.45, 2.75) is 25.7 Å². The van der Waals surface area contributed by atoms with Crippen molar-refractivity contribution in [1.29, 1.82) is 0 Å². The second-order valence-corrected chi connectivity index (χ2v) is 3.34. The minimum Gasteiger partial charge on any atom is -0.0882 e. The minimum absolute atomic E-state index is 1.12. The van der Waals surface area contributed by atoms with E-state index in [0.717, 1.165) is 6.42 Å². The fraction of sp³-hybridized carbons (Fsp3) is 0.333. The molecule has 1 aliphatic rings. The van der Waals surface area contributed by atoms with Crippen LogP contribution in [0.25, 0.3) is 0 Å². The highest BCUT2D eigenvalue weighted by Crippen LogP contribution is 2.15. The Bertz CT molecular complexity index is 284. The van der Waals surface area contributed by atoms with Crippen molar-refractivity contribution < 1.29 is 0 Å². The van der Waals surface area contributed by atoms with Gasteiger partial charge in [-0.05, 0) is 36.8 Å². The normalized spacial score (nSPS) is 19.0. The van der Waals surface area contributed by atoms with Gasteiger partial charge in [-0.25, -0.2) is 0 Å². The third-order valence-electron chi connectivity index (χ3n) is 2.44. The van der Waals surface area contributed by atoms with Gasteiger partial charge in [0.15, 0.2) is 0 Å². The molecule has 0 unspecified atom stereocenters. The minimum atomic E-state index is 1.12. The molecule has 0 radical (unpaired) electrons. The van der Waals surface area contributed by atoms with Gasteiger partial charge in [-0.15, -0.1) is 0 Å². The summed E-state index contributed by atoms with van der Waals surface area (Å²) in [6.07, 6.45) is 9.51. The van der Waals surface area contributed by atoms with Crippen molar-refractivity contribution in [3.8, 4) is 0 Å². The van der Waals surface area contributed by atoms with Crippen LogP contribution in [-0.4, -0.2) is 0 Å². The lowest BCUT2D eigenvalue weighted by molar-refractivity contribution is 0.822. The van der Waals surface area contributed by atoms with Crippen LogP contribution < -0.4 is 0 Å². The molecule has 0 spiro atoms. The lowest BCUT2D eigenvalue weighted by atomic mass is 9.97.